The first-order valence-electron chi connectivity index (χ1n) is 7.67. The molecule has 4 nitrogen and oxygen atoms in total. The number of hydrogen-bond acceptors (Lipinski definition) is 3. The number of nitrogens with one attached hydrogen (secondary N) is 1. The van der Waals surface area contributed by atoms with Crippen LogP contribution in [0.25, 0.3) is 10.9 Å². The first-order valence-corrected chi connectivity index (χ1v) is 7.67. The molecule has 0 saturated carbocycles. The van der Waals surface area contributed by atoms with Crippen molar-refractivity contribution in [3.8, 4) is 0 Å². The van der Waals surface area contributed by atoms with Crippen molar-refractivity contribution in [2.75, 3.05) is 13.1 Å². The second-order valence-electron chi connectivity index (χ2n) is 7.07. The molecule has 0 radical (unpaired) electrons. The van der Waals surface area contributed by atoms with E-state index < -0.39 is 5.41 Å². The summed E-state index contributed by atoms with van der Waals surface area (Å²) < 4.78 is 1.54. The van der Waals surface area contributed by atoms with Crippen molar-refractivity contribution in [2.45, 2.75) is 33.6 Å². The van der Waals surface area contributed by atoms with Crippen LogP contribution in [-0.2, 0) is 6.42 Å². The van der Waals surface area contributed by atoms with E-state index in [4.69, 9.17) is 0 Å². The van der Waals surface area contributed by atoms with Crippen LogP contribution in [0.1, 0.15) is 37.6 Å². The zero-order valence-electron chi connectivity index (χ0n) is 13.0. The summed E-state index contributed by atoms with van der Waals surface area (Å²) in [4.78, 5) is 12.4. The minimum Gasteiger partial charge on any atom is -0.316 e. The summed E-state index contributed by atoms with van der Waals surface area (Å²) >= 11 is 0. The van der Waals surface area contributed by atoms with Crippen molar-refractivity contribution >= 4 is 16.8 Å². The number of fused-ring (bicyclic) bond motifs is 1. The largest absolute Gasteiger partial charge is 0.316 e. The predicted octanol–water partition coefficient (Wildman–Crippen LogP) is 2.87. The van der Waals surface area contributed by atoms with Crippen LogP contribution in [0, 0.1) is 11.3 Å². The van der Waals surface area contributed by atoms with Gasteiger partial charge in [-0.05, 0) is 49.5 Å². The maximum Gasteiger partial charge on any atom is 0.252 e. The van der Waals surface area contributed by atoms with Crippen molar-refractivity contribution in [3.63, 3.8) is 0 Å². The smallest absolute Gasteiger partial charge is 0.252 e. The highest BCUT2D eigenvalue weighted by atomic mass is 16.2. The molecule has 4 heteroatoms. The molecule has 1 aliphatic rings. The quantitative estimate of drug-likeness (QED) is 0.923. The van der Waals surface area contributed by atoms with E-state index in [0.717, 1.165) is 36.3 Å². The van der Waals surface area contributed by atoms with Crippen LogP contribution in [0.4, 0.5) is 0 Å². The lowest BCUT2D eigenvalue weighted by Gasteiger charge is -2.16. The summed E-state index contributed by atoms with van der Waals surface area (Å²) in [6, 6.07) is 6.34. The van der Waals surface area contributed by atoms with Gasteiger partial charge in [0.1, 0.15) is 0 Å². The second kappa shape index (κ2) is 5.26. The van der Waals surface area contributed by atoms with E-state index in [-0.39, 0.29) is 5.91 Å². The van der Waals surface area contributed by atoms with E-state index in [1.165, 1.54) is 16.7 Å². The zero-order valence-corrected chi connectivity index (χ0v) is 13.0. The van der Waals surface area contributed by atoms with Crippen molar-refractivity contribution in [2.24, 2.45) is 11.3 Å². The van der Waals surface area contributed by atoms with Crippen molar-refractivity contribution < 1.29 is 4.79 Å². The lowest BCUT2D eigenvalue weighted by molar-refractivity contribution is 0.0755. The van der Waals surface area contributed by atoms with Gasteiger partial charge in [0.25, 0.3) is 5.91 Å². The van der Waals surface area contributed by atoms with Gasteiger partial charge in [0.2, 0.25) is 0 Å². The van der Waals surface area contributed by atoms with Crippen molar-refractivity contribution in [3.05, 3.63) is 30.0 Å². The highest BCUT2D eigenvalue weighted by molar-refractivity contribution is 5.93. The van der Waals surface area contributed by atoms with E-state index in [9.17, 15) is 4.79 Å². The Morgan fingerprint density at radius 1 is 1.43 bits per heavy atom. The molecule has 2 aromatic rings. The normalized spacial score (nSPS) is 19.3. The predicted molar refractivity (Wildman–Crippen MR) is 84.5 cm³/mol. The van der Waals surface area contributed by atoms with Crippen molar-refractivity contribution in [1.82, 2.24) is 15.1 Å². The Bertz CT molecular complexity index is 660. The second-order valence-corrected chi connectivity index (χ2v) is 7.07. The molecule has 1 fully saturated rings. The first-order chi connectivity index (χ1) is 9.95. The Morgan fingerprint density at radius 2 is 2.24 bits per heavy atom. The molecular formula is C17H23N3O. The summed E-state index contributed by atoms with van der Waals surface area (Å²) in [5.41, 5.74) is 1.81. The van der Waals surface area contributed by atoms with Gasteiger partial charge in [-0.3, -0.25) is 4.79 Å². The van der Waals surface area contributed by atoms with Gasteiger partial charge in [-0.15, -0.1) is 0 Å². The maximum atomic E-state index is 12.4. The third kappa shape index (κ3) is 2.86. The van der Waals surface area contributed by atoms with E-state index in [2.05, 4.69) is 22.5 Å². The van der Waals surface area contributed by atoms with Gasteiger partial charge in [0, 0.05) is 10.8 Å². The van der Waals surface area contributed by atoms with Gasteiger partial charge >= 0.3 is 0 Å². The van der Waals surface area contributed by atoms with Crippen LogP contribution in [0.3, 0.4) is 0 Å². The van der Waals surface area contributed by atoms with Crippen molar-refractivity contribution in [1.29, 1.82) is 0 Å². The van der Waals surface area contributed by atoms with Crippen LogP contribution < -0.4 is 5.32 Å². The molecule has 3 rings (SSSR count). The van der Waals surface area contributed by atoms with E-state index in [1.54, 1.807) is 6.20 Å². The van der Waals surface area contributed by atoms with Gasteiger partial charge in [0.05, 0.1) is 11.7 Å². The molecule has 2 heterocycles. The Morgan fingerprint density at radius 3 is 2.90 bits per heavy atom. The fourth-order valence-corrected chi connectivity index (χ4v) is 2.91. The number of carbonyl (C=O) groups excluding carboxylic acids is 1. The number of aromatic nitrogens is 2. The Labute approximate surface area is 125 Å². The molecular weight excluding hydrogens is 262 g/mol. The van der Waals surface area contributed by atoms with Crippen LogP contribution in [-0.4, -0.2) is 28.8 Å². The number of rotatable bonds is 2. The van der Waals surface area contributed by atoms with Gasteiger partial charge in [0.15, 0.2) is 0 Å². The van der Waals surface area contributed by atoms with E-state index in [1.807, 2.05) is 26.8 Å². The fraction of sp³-hybridized carbons (Fsp3) is 0.529. The van der Waals surface area contributed by atoms with Gasteiger partial charge in [-0.1, -0.05) is 26.8 Å². The zero-order chi connectivity index (χ0) is 15.0. The van der Waals surface area contributed by atoms with Crippen LogP contribution in [0.15, 0.2) is 24.4 Å². The summed E-state index contributed by atoms with van der Waals surface area (Å²) in [5.74, 6) is 0.763. The highest BCUT2D eigenvalue weighted by Crippen LogP contribution is 2.23. The highest BCUT2D eigenvalue weighted by Gasteiger charge is 2.25. The Balaban J connectivity index is 1.88. The summed E-state index contributed by atoms with van der Waals surface area (Å²) in [6.45, 7) is 8.00. The topological polar surface area (TPSA) is 46.9 Å². The molecule has 1 unspecified atom stereocenters. The lowest BCUT2D eigenvalue weighted by atomic mass is 9.95. The minimum atomic E-state index is -0.423. The third-order valence-corrected chi connectivity index (χ3v) is 4.15. The fourth-order valence-electron chi connectivity index (χ4n) is 2.91. The number of hydrogen-bond donors (Lipinski definition) is 1. The molecule has 1 N–H and O–H groups in total. The van der Waals surface area contributed by atoms with Gasteiger partial charge in [-0.2, -0.15) is 9.78 Å². The first kappa shape index (κ1) is 14.3. The molecule has 0 amide bonds. The molecule has 0 bridgehead atoms. The molecule has 21 heavy (non-hydrogen) atoms. The van der Waals surface area contributed by atoms with Crippen LogP contribution >= 0.6 is 0 Å². The van der Waals surface area contributed by atoms with E-state index in [0.29, 0.717) is 0 Å². The molecule has 1 aromatic carbocycles. The number of carbonyl (C=O) groups is 1. The molecule has 1 aliphatic heterocycles. The minimum absolute atomic E-state index is 0.0326. The lowest BCUT2D eigenvalue weighted by Crippen LogP contribution is -2.27. The number of benzene rings is 1. The third-order valence-electron chi connectivity index (χ3n) is 4.15. The van der Waals surface area contributed by atoms with Crippen LogP contribution in [0.5, 0.6) is 0 Å². The molecule has 112 valence electrons. The molecule has 0 aliphatic carbocycles. The standard InChI is InChI=1S/C17H23N3O/c1-17(2,3)16(21)20-15-5-4-12(9-14(15)11-19-20)8-13-6-7-18-10-13/h4-5,9,11,13,18H,6-8,10H2,1-3H3. The summed E-state index contributed by atoms with van der Waals surface area (Å²) in [7, 11) is 0. The summed E-state index contributed by atoms with van der Waals surface area (Å²) in [6.07, 6.45) is 4.15. The summed E-state index contributed by atoms with van der Waals surface area (Å²) in [5, 5.41) is 8.75. The van der Waals surface area contributed by atoms with E-state index >= 15 is 0 Å². The monoisotopic (exact) mass is 285 g/mol. The molecule has 1 atom stereocenters. The SMILES string of the molecule is CC(C)(C)C(=O)n1ncc2cc(CC3CCNC3)ccc21. The molecule has 1 aromatic heterocycles. The number of nitrogens with zero attached hydrogens (tertiary/aromatic N) is 2. The Kier molecular flexibility index (Phi) is 3.57. The molecule has 0 spiro atoms. The van der Waals surface area contributed by atoms with Gasteiger partial charge in [-0.25, -0.2) is 0 Å². The molecule has 1 saturated heterocycles. The van der Waals surface area contributed by atoms with Crippen LogP contribution in [0.2, 0.25) is 0 Å². The maximum absolute atomic E-state index is 12.4. The average molecular weight is 285 g/mol. The average Bonchev–Trinajstić information content (AvgIpc) is 3.05. The Hall–Kier alpha value is -1.68. The van der Waals surface area contributed by atoms with Gasteiger partial charge < -0.3 is 5.32 Å².